The highest BCUT2D eigenvalue weighted by Crippen LogP contribution is 2.26. The van der Waals surface area contributed by atoms with Crippen molar-refractivity contribution in [3.63, 3.8) is 0 Å². The summed E-state index contributed by atoms with van der Waals surface area (Å²) >= 11 is 3.31. The molecule has 2 aromatic rings. The summed E-state index contributed by atoms with van der Waals surface area (Å²) in [6.07, 6.45) is 1.39. The Morgan fingerprint density at radius 2 is 1.75 bits per heavy atom. The smallest absolute Gasteiger partial charge is 0.261 e. The summed E-state index contributed by atoms with van der Waals surface area (Å²) in [6, 6.07) is 14.5. The van der Waals surface area contributed by atoms with Gasteiger partial charge < -0.3 is 10.1 Å². The summed E-state index contributed by atoms with van der Waals surface area (Å²) in [4.78, 5) is 37.8. The largest absolute Gasteiger partial charge is 0.494 e. The average molecular weight is 445 g/mol. The van der Waals surface area contributed by atoms with Gasteiger partial charge in [-0.05, 0) is 43.2 Å². The van der Waals surface area contributed by atoms with E-state index in [0.717, 1.165) is 10.2 Å². The van der Waals surface area contributed by atoms with Crippen LogP contribution in [0.5, 0.6) is 5.75 Å². The van der Waals surface area contributed by atoms with Crippen molar-refractivity contribution in [2.75, 3.05) is 19.7 Å². The number of imide groups is 1. The lowest BCUT2D eigenvalue weighted by atomic mass is 10.1. The number of carbonyl (C=O) groups excluding carboxylic acids is 3. The van der Waals surface area contributed by atoms with Crippen molar-refractivity contribution in [1.29, 1.82) is 0 Å². The molecule has 0 radical (unpaired) electrons. The quantitative estimate of drug-likeness (QED) is 0.474. The van der Waals surface area contributed by atoms with Crippen LogP contribution in [-0.2, 0) is 4.79 Å². The fourth-order valence-corrected chi connectivity index (χ4v) is 3.32. The third-order valence-corrected chi connectivity index (χ3v) is 4.87. The van der Waals surface area contributed by atoms with Gasteiger partial charge in [0.05, 0.1) is 17.7 Å². The predicted molar refractivity (Wildman–Crippen MR) is 108 cm³/mol. The summed E-state index contributed by atoms with van der Waals surface area (Å²) in [5.74, 6) is 0.103. The molecule has 0 atom stereocenters. The van der Waals surface area contributed by atoms with Gasteiger partial charge in [0.25, 0.3) is 11.8 Å². The van der Waals surface area contributed by atoms with Crippen molar-refractivity contribution in [1.82, 2.24) is 10.2 Å². The molecule has 6 nitrogen and oxygen atoms in total. The maximum atomic E-state index is 12.4. The summed E-state index contributed by atoms with van der Waals surface area (Å²) in [6.45, 7) is 1.27. The van der Waals surface area contributed by atoms with Crippen LogP contribution in [0.2, 0.25) is 0 Å². The number of fused-ring (bicyclic) bond motifs is 1. The van der Waals surface area contributed by atoms with Gasteiger partial charge in [0.15, 0.2) is 0 Å². The van der Waals surface area contributed by atoms with Gasteiger partial charge in [-0.25, -0.2) is 0 Å². The number of hydrogen-bond acceptors (Lipinski definition) is 4. The molecule has 0 unspecified atom stereocenters. The molecule has 3 amide bonds. The van der Waals surface area contributed by atoms with Gasteiger partial charge in [0.2, 0.25) is 5.91 Å². The molecule has 0 aromatic heterocycles. The van der Waals surface area contributed by atoms with Crippen molar-refractivity contribution in [2.45, 2.75) is 19.3 Å². The third-order valence-electron chi connectivity index (χ3n) is 4.37. The molecule has 146 valence electrons. The third kappa shape index (κ3) is 4.98. The van der Waals surface area contributed by atoms with E-state index in [0.29, 0.717) is 37.1 Å². The van der Waals surface area contributed by atoms with Gasteiger partial charge in [0, 0.05) is 24.0 Å². The number of para-hydroxylation sites is 1. The standard InChI is InChI=1S/C21H21BrN2O4/c22-15-9-10-17-18(14-15)21(27)24(20(17)26)12-4-8-19(25)23-11-5-13-28-16-6-2-1-3-7-16/h1-3,6-7,9-10,14H,4-5,8,11-13H2,(H,23,25). The van der Waals surface area contributed by atoms with Crippen LogP contribution in [0.3, 0.4) is 0 Å². The number of carbonyl (C=O) groups is 3. The first kappa shape index (κ1) is 20.1. The molecule has 1 aliphatic rings. The molecule has 0 aliphatic carbocycles. The monoisotopic (exact) mass is 444 g/mol. The number of rotatable bonds is 9. The molecule has 0 bridgehead atoms. The lowest BCUT2D eigenvalue weighted by Gasteiger charge is -2.13. The van der Waals surface area contributed by atoms with E-state index in [2.05, 4.69) is 21.2 Å². The van der Waals surface area contributed by atoms with E-state index in [4.69, 9.17) is 4.74 Å². The lowest BCUT2D eigenvalue weighted by molar-refractivity contribution is -0.121. The number of halogens is 1. The Balaban J connectivity index is 1.33. The SMILES string of the molecule is O=C(CCCN1C(=O)c2ccc(Br)cc2C1=O)NCCCOc1ccccc1. The number of hydrogen-bond donors (Lipinski definition) is 1. The van der Waals surface area contributed by atoms with Crippen LogP contribution >= 0.6 is 15.9 Å². The Kier molecular flexibility index (Phi) is 6.81. The van der Waals surface area contributed by atoms with Crippen LogP contribution in [0.1, 0.15) is 40.0 Å². The number of nitrogens with zero attached hydrogens (tertiary/aromatic N) is 1. The van der Waals surface area contributed by atoms with Crippen LogP contribution in [0, 0.1) is 0 Å². The summed E-state index contributed by atoms with van der Waals surface area (Å²) in [5, 5.41) is 2.83. The van der Waals surface area contributed by atoms with Gasteiger partial charge >= 0.3 is 0 Å². The van der Waals surface area contributed by atoms with Crippen LogP contribution < -0.4 is 10.1 Å². The molecule has 0 spiro atoms. The average Bonchev–Trinajstić information content (AvgIpc) is 2.93. The maximum Gasteiger partial charge on any atom is 0.261 e. The normalized spacial score (nSPS) is 12.8. The first-order chi connectivity index (χ1) is 13.6. The number of nitrogens with one attached hydrogen (secondary N) is 1. The molecule has 0 fully saturated rings. The minimum absolute atomic E-state index is 0.0981. The molecule has 1 N–H and O–H groups in total. The van der Waals surface area contributed by atoms with E-state index in [1.54, 1.807) is 18.2 Å². The Morgan fingerprint density at radius 3 is 2.54 bits per heavy atom. The van der Waals surface area contributed by atoms with Gasteiger partial charge in [-0.1, -0.05) is 34.1 Å². The van der Waals surface area contributed by atoms with Crippen molar-refractivity contribution >= 4 is 33.7 Å². The second-order valence-electron chi connectivity index (χ2n) is 6.42. The molecule has 2 aromatic carbocycles. The minimum Gasteiger partial charge on any atom is -0.494 e. The molecule has 0 saturated heterocycles. The van der Waals surface area contributed by atoms with Gasteiger partial charge in [-0.3, -0.25) is 19.3 Å². The zero-order chi connectivity index (χ0) is 19.9. The molecule has 1 aliphatic heterocycles. The Hall–Kier alpha value is -2.67. The van der Waals surface area contributed by atoms with E-state index in [-0.39, 0.29) is 30.7 Å². The van der Waals surface area contributed by atoms with Gasteiger partial charge in [-0.15, -0.1) is 0 Å². The Bertz CT molecular complexity index is 870. The van der Waals surface area contributed by atoms with Crippen LogP contribution in [-0.4, -0.2) is 42.3 Å². The molecular formula is C21H21BrN2O4. The fourth-order valence-electron chi connectivity index (χ4n) is 2.96. The predicted octanol–water partition coefficient (Wildman–Crippen LogP) is 3.41. The molecule has 1 heterocycles. The zero-order valence-electron chi connectivity index (χ0n) is 15.3. The highest BCUT2D eigenvalue weighted by molar-refractivity contribution is 9.10. The topological polar surface area (TPSA) is 75.7 Å². The van der Waals surface area contributed by atoms with E-state index < -0.39 is 0 Å². The zero-order valence-corrected chi connectivity index (χ0v) is 16.9. The van der Waals surface area contributed by atoms with E-state index in [9.17, 15) is 14.4 Å². The molecule has 3 rings (SSSR count). The van der Waals surface area contributed by atoms with Crippen molar-refractivity contribution in [3.05, 3.63) is 64.1 Å². The molecule has 28 heavy (non-hydrogen) atoms. The van der Waals surface area contributed by atoms with Gasteiger partial charge in [-0.2, -0.15) is 0 Å². The van der Waals surface area contributed by atoms with E-state index in [1.165, 1.54) is 4.90 Å². The number of ether oxygens (including phenoxy) is 1. The lowest BCUT2D eigenvalue weighted by Crippen LogP contribution is -2.32. The fraction of sp³-hybridized carbons (Fsp3) is 0.286. The van der Waals surface area contributed by atoms with E-state index >= 15 is 0 Å². The molecule has 7 heteroatoms. The van der Waals surface area contributed by atoms with Crippen molar-refractivity contribution in [3.8, 4) is 5.75 Å². The van der Waals surface area contributed by atoms with Gasteiger partial charge in [0.1, 0.15) is 5.75 Å². The number of benzene rings is 2. The second kappa shape index (κ2) is 9.50. The Morgan fingerprint density at radius 1 is 1.00 bits per heavy atom. The first-order valence-electron chi connectivity index (χ1n) is 9.16. The Labute approximate surface area is 172 Å². The second-order valence-corrected chi connectivity index (χ2v) is 7.34. The van der Waals surface area contributed by atoms with Crippen molar-refractivity contribution < 1.29 is 19.1 Å². The summed E-state index contributed by atoms with van der Waals surface area (Å²) in [7, 11) is 0. The number of amides is 3. The first-order valence-corrected chi connectivity index (χ1v) is 9.96. The molecule has 0 saturated carbocycles. The van der Waals surface area contributed by atoms with Crippen LogP contribution in [0.4, 0.5) is 0 Å². The van der Waals surface area contributed by atoms with E-state index in [1.807, 2.05) is 30.3 Å². The maximum absolute atomic E-state index is 12.4. The van der Waals surface area contributed by atoms with Crippen molar-refractivity contribution in [2.24, 2.45) is 0 Å². The van der Waals surface area contributed by atoms with Crippen LogP contribution in [0.15, 0.2) is 53.0 Å². The van der Waals surface area contributed by atoms with Crippen LogP contribution in [0.25, 0.3) is 0 Å². The summed E-state index contributed by atoms with van der Waals surface area (Å²) < 4.78 is 6.32. The minimum atomic E-state index is -0.306. The highest BCUT2D eigenvalue weighted by Gasteiger charge is 2.35. The highest BCUT2D eigenvalue weighted by atomic mass is 79.9. The summed E-state index contributed by atoms with van der Waals surface area (Å²) in [5.41, 5.74) is 0.818. The molecular weight excluding hydrogens is 424 g/mol.